The highest BCUT2D eigenvalue weighted by atomic mass is 16.5. The monoisotopic (exact) mass is 339 g/mol. The van der Waals surface area contributed by atoms with E-state index >= 15 is 0 Å². The predicted molar refractivity (Wildman–Crippen MR) is 90.7 cm³/mol. The molecule has 1 aromatic heterocycles. The van der Waals surface area contributed by atoms with Gasteiger partial charge in [-0.25, -0.2) is 4.98 Å². The van der Waals surface area contributed by atoms with Crippen molar-refractivity contribution in [2.45, 2.75) is 12.8 Å². The average molecular weight is 339 g/mol. The Morgan fingerprint density at radius 1 is 1.12 bits per heavy atom. The number of carbonyl (C=O) groups excluding carboxylic acids is 1. The maximum Gasteiger partial charge on any atom is 0.226 e. The molecule has 0 aliphatic heterocycles. The van der Waals surface area contributed by atoms with Crippen molar-refractivity contribution >= 4 is 5.78 Å². The molecule has 128 valence electrons. The van der Waals surface area contributed by atoms with Crippen LogP contribution < -0.4 is 4.74 Å². The SMILES string of the molecule is COc1ccc(-c2nc(CC(=O)Cc3ccccc3O)co2)cc1O. The van der Waals surface area contributed by atoms with Crippen molar-refractivity contribution in [2.75, 3.05) is 7.11 Å². The van der Waals surface area contributed by atoms with Crippen LogP contribution in [0.15, 0.2) is 53.1 Å². The fourth-order valence-corrected chi connectivity index (χ4v) is 2.48. The number of rotatable bonds is 6. The van der Waals surface area contributed by atoms with E-state index in [1.807, 2.05) is 0 Å². The van der Waals surface area contributed by atoms with E-state index in [0.717, 1.165) is 0 Å². The van der Waals surface area contributed by atoms with Crippen molar-refractivity contribution in [3.05, 3.63) is 60.0 Å². The zero-order chi connectivity index (χ0) is 17.8. The number of ketones is 1. The number of methoxy groups -OCH3 is 1. The third kappa shape index (κ3) is 3.80. The largest absolute Gasteiger partial charge is 0.508 e. The fourth-order valence-electron chi connectivity index (χ4n) is 2.48. The Bertz CT molecular complexity index is 900. The second-order valence-electron chi connectivity index (χ2n) is 5.55. The predicted octanol–water partition coefficient (Wildman–Crippen LogP) is 3.12. The Morgan fingerprint density at radius 3 is 2.64 bits per heavy atom. The summed E-state index contributed by atoms with van der Waals surface area (Å²) in [6, 6.07) is 11.5. The van der Waals surface area contributed by atoms with E-state index in [-0.39, 0.29) is 30.1 Å². The lowest BCUT2D eigenvalue weighted by Crippen LogP contribution is -2.07. The number of nitrogens with zero attached hydrogens (tertiary/aromatic N) is 1. The van der Waals surface area contributed by atoms with Crippen LogP contribution in [0.1, 0.15) is 11.3 Å². The highest BCUT2D eigenvalue weighted by Crippen LogP contribution is 2.31. The lowest BCUT2D eigenvalue weighted by atomic mass is 10.1. The van der Waals surface area contributed by atoms with Gasteiger partial charge in [-0.2, -0.15) is 0 Å². The van der Waals surface area contributed by atoms with Crippen molar-refractivity contribution < 1.29 is 24.2 Å². The van der Waals surface area contributed by atoms with Gasteiger partial charge in [0.1, 0.15) is 17.8 Å². The zero-order valence-corrected chi connectivity index (χ0v) is 13.6. The van der Waals surface area contributed by atoms with Gasteiger partial charge in [-0.1, -0.05) is 18.2 Å². The number of oxazole rings is 1. The minimum Gasteiger partial charge on any atom is -0.508 e. The summed E-state index contributed by atoms with van der Waals surface area (Å²) >= 11 is 0. The molecule has 6 heteroatoms. The normalized spacial score (nSPS) is 10.6. The Hall–Kier alpha value is -3.28. The summed E-state index contributed by atoms with van der Waals surface area (Å²) in [5, 5.41) is 19.5. The third-order valence-corrected chi connectivity index (χ3v) is 3.74. The van der Waals surface area contributed by atoms with Gasteiger partial charge in [-0.3, -0.25) is 4.79 Å². The molecule has 0 unspecified atom stereocenters. The molecule has 2 N–H and O–H groups in total. The Labute approximate surface area is 144 Å². The zero-order valence-electron chi connectivity index (χ0n) is 13.6. The standard InChI is InChI=1S/C19H17NO5/c1-24-18-7-6-13(9-17(18)23)19-20-14(11-25-19)10-15(21)8-12-4-2-3-5-16(12)22/h2-7,9,11,22-23H,8,10H2,1H3. The van der Waals surface area contributed by atoms with Gasteiger partial charge in [0.25, 0.3) is 0 Å². The topological polar surface area (TPSA) is 92.8 Å². The van der Waals surface area contributed by atoms with Gasteiger partial charge in [-0.05, 0) is 24.3 Å². The summed E-state index contributed by atoms with van der Waals surface area (Å²) in [5.74, 6) is 0.663. The summed E-state index contributed by atoms with van der Waals surface area (Å²) in [6.45, 7) is 0. The van der Waals surface area contributed by atoms with Crippen LogP contribution in [0.4, 0.5) is 0 Å². The smallest absolute Gasteiger partial charge is 0.226 e. The maximum atomic E-state index is 12.2. The van der Waals surface area contributed by atoms with Crippen molar-refractivity contribution in [1.82, 2.24) is 4.98 Å². The first-order chi connectivity index (χ1) is 12.1. The molecule has 2 aromatic carbocycles. The highest BCUT2D eigenvalue weighted by Gasteiger charge is 2.14. The lowest BCUT2D eigenvalue weighted by molar-refractivity contribution is -0.117. The first kappa shape index (κ1) is 16.6. The van der Waals surface area contributed by atoms with Gasteiger partial charge in [0, 0.05) is 17.5 Å². The van der Waals surface area contributed by atoms with E-state index < -0.39 is 0 Å². The molecule has 1 heterocycles. The van der Waals surface area contributed by atoms with E-state index in [1.165, 1.54) is 19.4 Å². The molecule has 0 fully saturated rings. The summed E-state index contributed by atoms with van der Waals surface area (Å²) in [4.78, 5) is 16.4. The van der Waals surface area contributed by atoms with Crippen LogP contribution in [0, 0.1) is 0 Å². The fraction of sp³-hybridized carbons (Fsp3) is 0.158. The number of para-hydroxylation sites is 1. The number of ether oxygens (including phenoxy) is 1. The number of benzene rings is 2. The van der Waals surface area contributed by atoms with Gasteiger partial charge in [0.15, 0.2) is 11.5 Å². The molecule has 3 rings (SSSR count). The summed E-state index contributed by atoms with van der Waals surface area (Å²) in [6.07, 6.45) is 1.64. The number of hydrogen-bond donors (Lipinski definition) is 2. The minimum atomic E-state index is -0.0843. The second-order valence-corrected chi connectivity index (χ2v) is 5.55. The van der Waals surface area contributed by atoms with Gasteiger partial charge in [0.2, 0.25) is 5.89 Å². The number of carbonyl (C=O) groups is 1. The summed E-state index contributed by atoms with van der Waals surface area (Å²) in [7, 11) is 1.47. The van der Waals surface area contributed by atoms with Crippen LogP contribution in [0.2, 0.25) is 0 Å². The Balaban J connectivity index is 1.70. The quantitative estimate of drug-likeness (QED) is 0.717. The molecule has 0 atom stereocenters. The first-order valence-corrected chi connectivity index (χ1v) is 7.67. The second kappa shape index (κ2) is 7.09. The van der Waals surface area contributed by atoms with Crippen molar-refractivity contribution in [3.63, 3.8) is 0 Å². The van der Waals surface area contributed by atoms with Crippen molar-refractivity contribution in [1.29, 1.82) is 0 Å². The number of aromatic hydroxyl groups is 2. The molecule has 0 spiro atoms. The number of phenolic OH excluding ortho intramolecular Hbond substituents is 2. The molecule has 3 aromatic rings. The number of hydrogen-bond acceptors (Lipinski definition) is 6. The Kier molecular flexibility index (Phi) is 4.70. The molecule has 0 amide bonds. The molecule has 0 bridgehead atoms. The van der Waals surface area contributed by atoms with Crippen LogP contribution in [-0.2, 0) is 17.6 Å². The van der Waals surface area contributed by atoms with Crippen LogP contribution >= 0.6 is 0 Å². The summed E-state index contributed by atoms with van der Waals surface area (Å²) in [5.41, 5.74) is 1.65. The van der Waals surface area contributed by atoms with E-state index in [0.29, 0.717) is 28.5 Å². The van der Waals surface area contributed by atoms with Crippen LogP contribution in [0.5, 0.6) is 17.2 Å². The summed E-state index contributed by atoms with van der Waals surface area (Å²) < 4.78 is 10.4. The molecule has 6 nitrogen and oxygen atoms in total. The molecule has 0 saturated carbocycles. The first-order valence-electron chi connectivity index (χ1n) is 7.67. The van der Waals surface area contributed by atoms with Crippen molar-refractivity contribution in [2.24, 2.45) is 0 Å². The maximum absolute atomic E-state index is 12.2. The average Bonchev–Trinajstić information content (AvgIpc) is 3.05. The highest BCUT2D eigenvalue weighted by molar-refractivity contribution is 5.83. The van der Waals surface area contributed by atoms with E-state index in [2.05, 4.69) is 4.98 Å². The van der Waals surface area contributed by atoms with Gasteiger partial charge < -0.3 is 19.4 Å². The molecule has 0 saturated heterocycles. The Morgan fingerprint density at radius 2 is 1.92 bits per heavy atom. The van der Waals surface area contributed by atoms with E-state index in [4.69, 9.17) is 9.15 Å². The van der Waals surface area contributed by atoms with Crippen LogP contribution in [-0.4, -0.2) is 28.1 Å². The molecule has 0 radical (unpaired) electrons. The van der Waals surface area contributed by atoms with Gasteiger partial charge in [-0.15, -0.1) is 0 Å². The van der Waals surface area contributed by atoms with Gasteiger partial charge in [0.05, 0.1) is 19.2 Å². The number of phenols is 2. The number of aromatic nitrogens is 1. The molecular formula is C19H17NO5. The minimum absolute atomic E-state index is 0.0182. The molecule has 0 aliphatic rings. The lowest BCUT2D eigenvalue weighted by Gasteiger charge is -2.03. The van der Waals surface area contributed by atoms with Crippen LogP contribution in [0.3, 0.4) is 0 Å². The van der Waals surface area contributed by atoms with E-state index in [9.17, 15) is 15.0 Å². The third-order valence-electron chi connectivity index (χ3n) is 3.74. The van der Waals surface area contributed by atoms with Crippen molar-refractivity contribution in [3.8, 4) is 28.7 Å². The molecule has 0 aliphatic carbocycles. The van der Waals surface area contributed by atoms with E-state index in [1.54, 1.807) is 36.4 Å². The van der Waals surface area contributed by atoms with Crippen LogP contribution in [0.25, 0.3) is 11.5 Å². The molecule has 25 heavy (non-hydrogen) atoms. The van der Waals surface area contributed by atoms with Gasteiger partial charge >= 0.3 is 0 Å². The number of Topliss-reactive ketones (excluding diaryl/α,β-unsaturated/α-hetero) is 1. The molecular weight excluding hydrogens is 322 g/mol.